The summed E-state index contributed by atoms with van der Waals surface area (Å²) in [5.74, 6) is 0.738. The van der Waals surface area contributed by atoms with Crippen molar-refractivity contribution < 1.29 is 8.42 Å². The molecule has 0 radical (unpaired) electrons. The van der Waals surface area contributed by atoms with Crippen LogP contribution in [0.25, 0.3) is 0 Å². The number of piperidine rings is 1. The van der Waals surface area contributed by atoms with E-state index in [1.165, 1.54) is 0 Å². The number of hydrogen-bond acceptors (Lipinski definition) is 4. The predicted octanol–water partition coefficient (Wildman–Crippen LogP) is 1.02. The minimum absolute atomic E-state index is 0.0645. The molecule has 0 aromatic carbocycles. The molecule has 2 rings (SSSR count). The molecular formula is C13H24N4O2S. The first-order valence-electron chi connectivity index (χ1n) is 7.23. The first-order valence-corrected chi connectivity index (χ1v) is 8.72. The van der Waals surface area contributed by atoms with Gasteiger partial charge in [0.25, 0.3) is 10.0 Å². The summed E-state index contributed by atoms with van der Waals surface area (Å²) in [5.41, 5.74) is 0. The maximum atomic E-state index is 12.4. The van der Waals surface area contributed by atoms with E-state index in [0.29, 0.717) is 0 Å². The minimum atomic E-state index is -3.53. The second-order valence-corrected chi connectivity index (χ2v) is 7.09. The van der Waals surface area contributed by atoms with Gasteiger partial charge in [-0.1, -0.05) is 6.92 Å². The van der Waals surface area contributed by atoms with Crippen molar-refractivity contribution in [3.8, 4) is 0 Å². The van der Waals surface area contributed by atoms with Gasteiger partial charge in [-0.25, -0.2) is 18.1 Å². The van der Waals surface area contributed by atoms with Gasteiger partial charge in [-0.3, -0.25) is 0 Å². The summed E-state index contributed by atoms with van der Waals surface area (Å²) in [5, 5.41) is 3.42. The Bertz CT molecular complexity index is 553. The van der Waals surface area contributed by atoms with E-state index in [-0.39, 0.29) is 17.1 Å². The minimum Gasteiger partial charge on any atom is -0.334 e. The predicted molar refractivity (Wildman–Crippen MR) is 78.1 cm³/mol. The molecule has 2 unspecified atom stereocenters. The molecule has 2 N–H and O–H groups in total. The Morgan fingerprint density at radius 3 is 2.95 bits per heavy atom. The van der Waals surface area contributed by atoms with Crippen molar-refractivity contribution in [1.29, 1.82) is 0 Å². The molecule has 0 bridgehead atoms. The van der Waals surface area contributed by atoms with Crippen LogP contribution in [0.2, 0.25) is 0 Å². The lowest BCUT2D eigenvalue weighted by Crippen LogP contribution is -2.51. The normalized spacial score (nSPS) is 23.9. The van der Waals surface area contributed by atoms with Gasteiger partial charge < -0.3 is 9.88 Å². The van der Waals surface area contributed by atoms with Crippen LogP contribution in [0.5, 0.6) is 0 Å². The van der Waals surface area contributed by atoms with Crippen molar-refractivity contribution in [3.05, 3.63) is 12.0 Å². The number of aryl methyl sites for hydroxylation is 2. The third-order valence-corrected chi connectivity index (χ3v) is 5.12. The van der Waals surface area contributed by atoms with Crippen LogP contribution in [-0.4, -0.2) is 36.6 Å². The zero-order valence-corrected chi connectivity index (χ0v) is 13.2. The van der Waals surface area contributed by atoms with Crippen LogP contribution < -0.4 is 10.0 Å². The number of sulfonamides is 1. The lowest BCUT2D eigenvalue weighted by atomic mass is 10.0. The van der Waals surface area contributed by atoms with Crippen LogP contribution in [0.15, 0.2) is 11.2 Å². The Labute approximate surface area is 121 Å². The number of imidazole rings is 1. The third-order valence-electron chi connectivity index (χ3n) is 3.76. The summed E-state index contributed by atoms with van der Waals surface area (Å²) >= 11 is 0. The number of nitrogens with zero attached hydrogens (tertiary/aromatic N) is 2. The molecule has 114 valence electrons. The zero-order chi connectivity index (χ0) is 14.8. The molecule has 2 atom stereocenters. The summed E-state index contributed by atoms with van der Waals surface area (Å²) in [6.45, 7) is 7.63. The topological polar surface area (TPSA) is 76.0 Å². The molecule has 1 saturated heterocycles. The van der Waals surface area contributed by atoms with Crippen molar-refractivity contribution >= 4 is 10.0 Å². The van der Waals surface area contributed by atoms with Gasteiger partial charge in [-0.2, -0.15) is 0 Å². The summed E-state index contributed by atoms with van der Waals surface area (Å²) in [6.07, 6.45) is 4.43. The Kier molecular flexibility index (Phi) is 4.82. The zero-order valence-electron chi connectivity index (χ0n) is 12.4. The molecule has 0 aliphatic carbocycles. The van der Waals surface area contributed by atoms with Gasteiger partial charge in [0, 0.05) is 24.8 Å². The summed E-state index contributed by atoms with van der Waals surface area (Å²) in [4.78, 5) is 4.18. The molecule has 6 nitrogen and oxygen atoms in total. The first kappa shape index (κ1) is 15.5. The van der Waals surface area contributed by atoms with E-state index in [0.717, 1.165) is 38.2 Å². The van der Waals surface area contributed by atoms with Crippen molar-refractivity contribution in [2.45, 2.75) is 63.7 Å². The van der Waals surface area contributed by atoms with E-state index in [4.69, 9.17) is 0 Å². The van der Waals surface area contributed by atoms with E-state index in [9.17, 15) is 8.42 Å². The highest BCUT2D eigenvalue weighted by atomic mass is 32.2. The molecule has 0 amide bonds. The smallest absolute Gasteiger partial charge is 0.259 e. The van der Waals surface area contributed by atoms with E-state index in [2.05, 4.69) is 21.9 Å². The summed E-state index contributed by atoms with van der Waals surface area (Å²) in [7, 11) is -3.53. The number of nitrogens with one attached hydrogen (secondary N) is 2. The van der Waals surface area contributed by atoms with Crippen LogP contribution in [0.4, 0.5) is 0 Å². The largest absolute Gasteiger partial charge is 0.334 e. The van der Waals surface area contributed by atoms with Crippen molar-refractivity contribution in [3.63, 3.8) is 0 Å². The fourth-order valence-corrected chi connectivity index (χ4v) is 3.90. The van der Waals surface area contributed by atoms with Crippen molar-refractivity contribution in [2.24, 2.45) is 0 Å². The summed E-state index contributed by atoms with van der Waals surface area (Å²) in [6, 6.07) is 0.0859. The molecule has 0 saturated carbocycles. The fourth-order valence-electron chi connectivity index (χ4n) is 2.54. The first-order chi connectivity index (χ1) is 9.44. The quantitative estimate of drug-likeness (QED) is 0.851. The molecule has 1 aromatic rings. The highest BCUT2D eigenvalue weighted by Gasteiger charge is 2.28. The van der Waals surface area contributed by atoms with Gasteiger partial charge in [0.1, 0.15) is 5.82 Å². The maximum Gasteiger partial charge on any atom is 0.259 e. The second-order valence-electron chi connectivity index (χ2n) is 5.43. The Balaban J connectivity index is 2.15. The van der Waals surface area contributed by atoms with Crippen LogP contribution in [0.1, 0.15) is 38.9 Å². The van der Waals surface area contributed by atoms with Gasteiger partial charge in [-0.15, -0.1) is 0 Å². The molecule has 1 fully saturated rings. The SMILES string of the molecule is CCCn1cc(S(=O)(=O)NC2CCCNC2C)nc1C. The number of aromatic nitrogens is 2. The highest BCUT2D eigenvalue weighted by Crippen LogP contribution is 2.14. The van der Waals surface area contributed by atoms with Crippen LogP contribution in [0, 0.1) is 6.92 Å². The highest BCUT2D eigenvalue weighted by molar-refractivity contribution is 7.89. The molecule has 1 aliphatic rings. The Morgan fingerprint density at radius 1 is 1.55 bits per heavy atom. The van der Waals surface area contributed by atoms with E-state index < -0.39 is 10.0 Å². The monoisotopic (exact) mass is 300 g/mol. The standard InChI is InChI=1S/C13H24N4O2S/c1-4-8-17-9-13(15-11(17)3)20(18,19)16-12-6-5-7-14-10(12)2/h9-10,12,14,16H,4-8H2,1-3H3. The number of rotatable bonds is 5. The van der Waals surface area contributed by atoms with Gasteiger partial charge in [-0.05, 0) is 39.7 Å². The van der Waals surface area contributed by atoms with E-state index in [1.807, 2.05) is 18.4 Å². The fraction of sp³-hybridized carbons (Fsp3) is 0.769. The average Bonchev–Trinajstić information content (AvgIpc) is 2.75. The van der Waals surface area contributed by atoms with Crippen LogP contribution in [0.3, 0.4) is 0 Å². The van der Waals surface area contributed by atoms with Gasteiger partial charge in [0.2, 0.25) is 0 Å². The molecule has 20 heavy (non-hydrogen) atoms. The molecule has 1 aliphatic heterocycles. The third kappa shape index (κ3) is 3.39. The molecule has 7 heteroatoms. The Morgan fingerprint density at radius 2 is 2.30 bits per heavy atom. The van der Waals surface area contributed by atoms with Gasteiger partial charge in [0.15, 0.2) is 5.03 Å². The molecular weight excluding hydrogens is 276 g/mol. The Hall–Kier alpha value is -0.920. The van der Waals surface area contributed by atoms with E-state index >= 15 is 0 Å². The maximum absolute atomic E-state index is 12.4. The van der Waals surface area contributed by atoms with Crippen molar-refractivity contribution in [2.75, 3.05) is 6.54 Å². The lowest BCUT2D eigenvalue weighted by Gasteiger charge is -2.30. The second kappa shape index (κ2) is 6.24. The van der Waals surface area contributed by atoms with Gasteiger partial charge in [0.05, 0.1) is 0 Å². The summed E-state index contributed by atoms with van der Waals surface area (Å²) < 4.78 is 29.5. The van der Waals surface area contributed by atoms with Crippen molar-refractivity contribution in [1.82, 2.24) is 19.6 Å². The number of hydrogen-bond donors (Lipinski definition) is 2. The van der Waals surface area contributed by atoms with E-state index in [1.54, 1.807) is 6.20 Å². The molecule has 0 spiro atoms. The molecule has 1 aromatic heterocycles. The lowest BCUT2D eigenvalue weighted by molar-refractivity contribution is 0.348. The van der Waals surface area contributed by atoms with Crippen LogP contribution in [-0.2, 0) is 16.6 Å². The average molecular weight is 300 g/mol. The molecule has 2 heterocycles. The van der Waals surface area contributed by atoms with Crippen LogP contribution >= 0.6 is 0 Å². The van der Waals surface area contributed by atoms with Gasteiger partial charge >= 0.3 is 0 Å².